The largest absolute Gasteiger partial charge is 0.480 e. The summed E-state index contributed by atoms with van der Waals surface area (Å²) in [5.41, 5.74) is 2.55. The van der Waals surface area contributed by atoms with Crippen molar-refractivity contribution in [3.63, 3.8) is 0 Å². The van der Waals surface area contributed by atoms with Gasteiger partial charge in [0.2, 0.25) is 5.78 Å². The second-order valence-corrected chi connectivity index (χ2v) is 11.6. The van der Waals surface area contributed by atoms with Crippen molar-refractivity contribution >= 4 is 46.0 Å². The van der Waals surface area contributed by atoms with Crippen LogP contribution in [0.4, 0.5) is 5.69 Å². The second-order valence-electron chi connectivity index (χ2n) is 9.70. The van der Waals surface area contributed by atoms with Crippen molar-refractivity contribution in [3.05, 3.63) is 97.8 Å². The number of amides is 1. The van der Waals surface area contributed by atoms with Gasteiger partial charge in [0.15, 0.2) is 5.76 Å². The molecule has 1 aliphatic rings. The Kier molecular flexibility index (Phi) is 6.98. The van der Waals surface area contributed by atoms with Gasteiger partial charge in [-0.2, -0.15) is 0 Å². The third kappa shape index (κ3) is 4.46. The van der Waals surface area contributed by atoms with Crippen LogP contribution in [0.25, 0.3) is 0 Å². The number of thiophene rings is 2. The Morgan fingerprint density at radius 2 is 1.68 bits per heavy atom. The minimum Gasteiger partial charge on any atom is -0.480 e. The molecule has 7 nitrogen and oxygen atoms in total. The molecule has 0 aliphatic carbocycles. The van der Waals surface area contributed by atoms with Crippen LogP contribution in [0.2, 0.25) is 0 Å². The number of benzene rings is 1. The Bertz CT molecular complexity index is 1470. The van der Waals surface area contributed by atoms with Gasteiger partial charge in [-0.15, -0.1) is 22.7 Å². The van der Waals surface area contributed by atoms with Crippen LogP contribution in [0.3, 0.4) is 0 Å². The summed E-state index contributed by atoms with van der Waals surface area (Å²) in [6.07, 6.45) is 0. The molecule has 1 saturated heterocycles. The number of likely N-dealkylation sites (tertiary alicyclic amines) is 1. The van der Waals surface area contributed by atoms with Crippen LogP contribution >= 0.6 is 22.7 Å². The first-order valence-electron chi connectivity index (χ1n) is 12.2. The highest BCUT2D eigenvalue weighted by atomic mass is 32.1. The summed E-state index contributed by atoms with van der Waals surface area (Å²) in [6.45, 7) is 3.67. The highest BCUT2D eigenvalue weighted by Crippen LogP contribution is 2.53. The van der Waals surface area contributed by atoms with Crippen molar-refractivity contribution in [1.82, 2.24) is 4.90 Å². The van der Waals surface area contributed by atoms with E-state index in [1.54, 1.807) is 36.6 Å². The number of furan rings is 1. The smallest absolute Gasteiger partial charge is 0.327 e. The van der Waals surface area contributed by atoms with Gasteiger partial charge >= 0.3 is 5.97 Å². The molecule has 1 aromatic carbocycles. The number of carbonyl (C=O) groups is 3. The van der Waals surface area contributed by atoms with Crippen molar-refractivity contribution in [2.45, 2.75) is 31.8 Å². The van der Waals surface area contributed by atoms with Gasteiger partial charge in [-0.25, -0.2) is 4.79 Å². The van der Waals surface area contributed by atoms with Gasteiger partial charge in [0.05, 0.1) is 16.8 Å². The van der Waals surface area contributed by atoms with Gasteiger partial charge < -0.3 is 19.3 Å². The van der Waals surface area contributed by atoms with Gasteiger partial charge in [-0.1, -0.05) is 18.2 Å². The third-order valence-electron chi connectivity index (χ3n) is 7.13. The lowest BCUT2D eigenvalue weighted by Gasteiger charge is -2.30. The van der Waals surface area contributed by atoms with Crippen LogP contribution < -0.4 is 4.90 Å². The van der Waals surface area contributed by atoms with Crippen LogP contribution in [0.15, 0.2) is 69.8 Å². The van der Waals surface area contributed by atoms with Crippen LogP contribution in [0.5, 0.6) is 0 Å². The van der Waals surface area contributed by atoms with Crippen molar-refractivity contribution in [2.24, 2.45) is 5.92 Å². The predicted octanol–water partition coefficient (Wildman–Crippen LogP) is 6.02. The number of nitrogens with zero attached hydrogens (tertiary/aromatic N) is 2. The maximum atomic E-state index is 14.2. The number of aryl methyl sites for hydroxylation is 2. The van der Waals surface area contributed by atoms with E-state index >= 15 is 0 Å². The Balaban J connectivity index is 1.76. The normalized spacial score (nSPS) is 21.0. The molecule has 196 valence electrons. The minimum absolute atomic E-state index is 0.163. The summed E-state index contributed by atoms with van der Waals surface area (Å²) < 4.78 is 5.75. The fourth-order valence-electron chi connectivity index (χ4n) is 5.37. The molecule has 38 heavy (non-hydrogen) atoms. The lowest BCUT2D eigenvalue weighted by Crippen LogP contribution is -2.43. The first-order chi connectivity index (χ1) is 18.2. The molecular weight excluding hydrogens is 520 g/mol. The summed E-state index contributed by atoms with van der Waals surface area (Å²) in [7, 11) is 3.86. The van der Waals surface area contributed by atoms with E-state index in [2.05, 4.69) is 0 Å². The number of anilines is 1. The summed E-state index contributed by atoms with van der Waals surface area (Å²) in [6, 6.07) is 14.3. The highest BCUT2D eigenvalue weighted by Gasteiger charge is 2.59. The highest BCUT2D eigenvalue weighted by molar-refractivity contribution is 7.12. The molecule has 5 rings (SSSR count). The summed E-state index contributed by atoms with van der Waals surface area (Å²) in [5.74, 6) is -2.74. The van der Waals surface area contributed by atoms with Crippen molar-refractivity contribution in [1.29, 1.82) is 0 Å². The van der Waals surface area contributed by atoms with Gasteiger partial charge in [0.1, 0.15) is 11.8 Å². The number of carbonyl (C=O) groups excluding carboxylic acids is 2. The van der Waals surface area contributed by atoms with E-state index in [1.807, 2.05) is 61.6 Å². The van der Waals surface area contributed by atoms with Crippen LogP contribution in [0.1, 0.15) is 54.0 Å². The lowest BCUT2D eigenvalue weighted by molar-refractivity contribution is -0.142. The number of Topliss-reactive ketones (excluding diaryl/α,β-unsaturated/α-hetero) is 1. The molecule has 1 N–H and O–H groups in total. The Morgan fingerprint density at radius 3 is 2.21 bits per heavy atom. The van der Waals surface area contributed by atoms with Gasteiger partial charge in [-0.3, -0.25) is 9.59 Å². The standard InChI is InChI=1S/C29H28N2O5S2/c1-16-13-15-38-27(16)23-22(26(32)20-12-7-17(2)36-20)24(18-8-10-19(11-9-18)30(3)4)31(25(23)29(34)35)28(33)21-6-5-14-37-21/h5-15,22-25H,1-4H3,(H,34,35). The van der Waals surface area contributed by atoms with Gasteiger partial charge in [-0.05, 0) is 72.1 Å². The number of rotatable bonds is 7. The lowest BCUT2D eigenvalue weighted by atomic mass is 9.79. The zero-order valence-corrected chi connectivity index (χ0v) is 23.1. The number of carboxylic acids is 1. The van der Waals surface area contributed by atoms with Crippen molar-refractivity contribution in [2.75, 3.05) is 19.0 Å². The van der Waals surface area contributed by atoms with E-state index < -0.39 is 35.8 Å². The molecule has 9 heteroatoms. The zero-order chi connectivity index (χ0) is 27.1. The number of aliphatic carboxylic acids is 1. The van der Waals surface area contributed by atoms with E-state index in [0.717, 1.165) is 16.1 Å². The zero-order valence-electron chi connectivity index (χ0n) is 21.5. The second kappa shape index (κ2) is 10.2. The SMILES string of the molecule is Cc1ccc(C(=O)C2C(c3sccc3C)C(C(=O)O)N(C(=O)c3cccs3)C2c2ccc(N(C)C)cc2)o1. The molecule has 4 aromatic rings. The maximum absolute atomic E-state index is 14.2. The average molecular weight is 549 g/mol. The molecule has 4 heterocycles. The van der Waals surface area contributed by atoms with E-state index in [0.29, 0.717) is 16.2 Å². The Hall–Kier alpha value is -3.69. The number of hydrogen-bond acceptors (Lipinski definition) is 7. The fourth-order valence-corrected chi connectivity index (χ4v) is 7.14. The number of hydrogen-bond donors (Lipinski definition) is 1. The summed E-state index contributed by atoms with van der Waals surface area (Å²) in [4.78, 5) is 45.9. The molecule has 0 spiro atoms. The molecule has 0 bridgehead atoms. The van der Waals surface area contributed by atoms with Crippen LogP contribution in [-0.4, -0.2) is 47.8 Å². The van der Waals surface area contributed by atoms with Gasteiger partial charge in [0.25, 0.3) is 5.91 Å². The molecule has 1 fully saturated rings. The molecule has 3 aromatic heterocycles. The monoisotopic (exact) mass is 548 g/mol. The molecule has 1 amide bonds. The van der Waals surface area contributed by atoms with E-state index in [4.69, 9.17) is 4.42 Å². The first-order valence-corrected chi connectivity index (χ1v) is 14.0. The quantitative estimate of drug-likeness (QED) is 0.284. The van der Waals surface area contributed by atoms with E-state index in [-0.39, 0.29) is 11.5 Å². The fraction of sp³-hybridized carbons (Fsp3) is 0.276. The molecular formula is C29H28N2O5S2. The van der Waals surface area contributed by atoms with Crippen molar-refractivity contribution < 1.29 is 23.9 Å². The number of ketones is 1. The molecule has 4 atom stereocenters. The van der Waals surface area contributed by atoms with Gasteiger partial charge in [0, 0.05) is 30.6 Å². The maximum Gasteiger partial charge on any atom is 0.327 e. The summed E-state index contributed by atoms with van der Waals surface area (Å²) >= 11 is 2.67. The minimum atomic E-state index is -1.24. The third-order valence-corrected chi connectivity index (χ3v) is 9.11. The van der Waals surface area contributed by atoms with E-state index in [9.17, 15) is 19.5 Å². The average Bonchev–Trinajstić information content (AvgIpc) is 3.69. The molecule has 4 unspecified atom stereocenters. The first kappa shape index (κ1) is 25.9. The van der Waals surface area contributed by atoms with E-state index in [1.165, 1.54) is 27.6 Å². The molecule has 0 saturated carbocycles. The predicted molar refractivity (Wildman–Crippen MR) is 148 cm³/mol. The van der Waals surface area contributed by atoms with Crippen LogP contribution in [-0.2, 0) is 4.79 Å². The Morgan fingerprint density at radius 1 is 0.947 bits per heavy atom. The van der Waals surface area contributed by atoms with Crippen LogP contribution in [0, 0.1) is 19.8 Å². The molecule has 1 aliphatic heterocycles. The number of carboxylic acid groups (broad SMARTS) is 1. The molecule has 0 radical (unpaired) electrons. The van der Waals surface area contributed by atoms with Crippen molar-refractivity contribution in [3.8, 4) is 0 Å². The topological polar surface area (TPSA) is 91.1 Å². The summed E-state index contributed by atoms with van der Waals surface area (Å²) in [5, 5.41) is 14.3. The Labute approximate surface area is 228 Å².